The fraction of sp³-hybridized carbons (Fsp3) is 0.120. The number of nitriles is 1. The van der Waals surface area contributed by atoms with Gasteiger partial charge in [0.15, 0.2) is 0 Å². The molecule has 180 valence electrons. The van der Waals surface area contributed by atoms with Gasteiger partial charge in [0.1, 0.15) is 29.7 Å². The van der Waals surface area contributed by atoms with Crippen molar-refractivity contribution in [3.63, 3.8) is 0 Å². The third-order valence-electron chi connectivity index (χ3n) is 4.71. The van der Waals surface area contributed by atoms with Gasteiger partial charge < -0.3 is 14.8 Å². The summed E-state index contributed by atoms with van der Waals surface area (Å²) in [6.07, 6.45) is -3.30. The fourth-order valence-electron chi connectivity index (χ4n) is 2.95. The molecule has 3 rings (SSSR count). The number of halogens is 5. The number of anilines is 1. The molecule has 0 saturated carbocycles. The lowest BCUT2D eigenvalue weighted by atomic mass is 10.1. The van der Waals surface area contributed by atoms with E-state index in [1.54, 1.807) is 42.5 Å². The van der Waals surface area contributed by atoms with Crippen LogP contribution in [0.4, 0.5) is 18.9 Å². The van der Waals surface area contributed by atoms with Crippen LogP contribution in [0.1, 0.15) is 16.7 Å². The molecule has 1 N–H and O–H groups in total. The lowest BCUT2D eigenvalue weighted by molar-refractivity contribution is -0.137. The molecular formula is C25H17Cl2F3N2O3. The molecule has 0 aliphatic carbocycles. The van der Waals surface area contributed by atoms with Gasteiger partial charge in [0.05, 0.1) is 22.7 Å². The van der Waals surface area contributed by atoms with E-state index in [0.29, 0.717) is 27.1 Å². The van der Waals surface area contributed by atoms with E-state index >= 15 is 0 Å². The lowest BCUT2D eigenvalue weighted by Gasteiger charge is -2.12. The van der Waals surface area contributed by atoms with E-state index in [1.165, 1.54) is 19.3 Å². The first-order valence-electron chi connectivity index (χ1n) is 9.96. The minimum Gasteiger partial charge on any atom is -0.497 e. The second-order valence-electron chi connectivity index (χ2n) is 7.14. The van der Waals surface area contributed by atoms with Crippen LogP contribution in [0, 0.1) is 11.3 Å². The zero-order valence-corrected chi connectivity index (χ0v) is 19.6. The molecule has 3 aromatic carbocycles. The maximum absolute atomic E-state index is 12.9. The minimum absolute atomic E-state index is 0.100. The van der Waals surface area contributed by atoms with Crippen molar-refractivity contribution >= 4 is 40.9 Å². The van der Waals surface area contributed by atoms with Gasteiger partial charge in [-0.3, -0.25) is 4.79 Å². The highest BCUT2D eigenvalue weighted by Crippen LogP contribution is 2.31. The standard InChI is InChI=1S/C25H17Cl2F3N2O3/c1-34-20-7-6-16(23(12-20)35-14-15-5-8-21(26)22(27)9-15)10-17(13-31)24(33)32-19-4-2-3-18(11-19)25(28,29)30/h2-12H,14H2,1H3,(H,32,33)/b17-10+. The zero-order chi connectivity index (χ0) is 25.6. The first-order chi connectivity index (χ1) is 16.6. The van der Waals surface area contributed by atoms with Crippen molar-refractivity contribution in [2.75, 3.05) is 12.4 Å². The highest BCUT2D eigenvalue weighted by molar-refractivity contribution is 6.42. The molecule has 0 bridgehead atoms. The van der Waals surface area contributed by atoms with E-state index in [-0.39, 0.29) is 17.9 Å². The average Bonchev–Trinajstić information content (AvgIpc) is 2.83. The van der Waals surface area contributed by atoms with Gasteiger partial charge in [0.2, 0.25) is 0 Å². The lowest BCUT2D eigenvalue weighted by Crippen LogP contribution is -2.14. The quantitative estimate of drug-likeness (QED) is 0.265. The monoisotopic (exact) mass is 520 g/mol. The van der Waals surface area contributed by atoms with E-state index in [2.05, 4.69) is 5.32 Å². The minimum atomic E-state index is -4.57. The van der Waals surface area contributed by atoms with Crippen LogP contribution in [0.5, 0.6) is 11.5 Å². The molecule has 10 heteroatoms. The molecule has 0 unspecified atom stereocenters. The molecule has 0 atom stereocenters. The maximum atomic E-state index is 12.9. The Morgan fingerprint density at radius 3 is 2.51 bits per heavy atom. The summed E-state index contributed by atoms with van der Waals surface area (Å²) in [5.41, 5.74) is -0.267. The van der Waals surface area contributed by atoms with Gasteiger partial charge in [-0.2, -0.15) is 18.4 Å². The highest BCUT2D eigenvalue weighted by atomic mass is 35.5. The number of nitrogens with zero attached hydrogens (tertiary/aromatic N) is 1. The fourth-order valence-corrected chi connectivity index (χ4v) is 3.27. The summed E-state index contributed by atoms with van der Waals surface area (Å²) in [5.74, 6) is -0.105. The normalized spacial score (nSPS) is 11.5. The summed E-state index contributed by atoms with van der Waals surface area (Å²) >= 11 is 12.0. The van der Waals surface area contributed by atoms with E-state index in [1.807, 2.05) is 0 Å². The Morgan fingerprint density at radius 2 is 1.86 bits per heavy atom. The molecular weight excluding hydrogens is 504 g/mol. The number of nitrogens with one attached hydrogen (secondary N) is 1. The predicted octanol–water partition coefficient (Wildman–Crippen LogP) is 7.15. The van der Waals surface area contributed by atoms with Crippen LogP contribution in [0.15, 0.2) is 66.2 Å². The van der Waals surface area contributed by atoms with Crippen molar-refractivity contribution in [1.82, 2.24) is 0 Å². The number of carbonyl (C=O) groups excluding carboxylic acids is 1. The van der Waals surface area contributed by atoms with Gasteiger partial charge in [-0.1, -0.05) is 35.3 Å². The van der Waals surface area contributed by atoms with Gasteiger partial charge >= 0.3 is 6.18 Å². The molecule has 3 aromatic rings. The number of hydrogen-bond acceptors (Lipinski definition) is 4. The van der Waals surface area contributed by atoms with Gasteiger partial charge in [0, 0.05) is 17.3 Å². The van der Waals surface area contributed by atoms with Crippen molar-refractivity contribution in [1.29, 1.82) is 5.26 Å². The molecule has 0 heterocycles. The van der Waals surface area contributed by atoms with Gasteiger partial charge in [0.25, 0.3) is 5.91 Å². The molecule has 0 radical (unpaired) electrons. The van der Waals surface area contributed by atoms with Crippen LogP contribution in [0.25, 0.3) is 6.08 Å². The largest absolute Gasteiger partial charge is 0.497 e. The smallest absolute Gasteiger partial charge is 0.416 e. The van der Waals surface area contributed by atoms with Crippen LogP contribution < -0.4 is 14.8 Å². The van der Waals surface area contributed by atoms with E-state index in [0.717, 1.165) is 23.8 Å². The predicted molar refractivity (Wildman–Crippen MR) is 127 cm³/mol. The van der Waals surface area contributed by atoms with Crippen LogP contribution in [0.2, 0.25) is 10.0 Å². The van der Waals surface area contributed by atoms with Gasteiger partial charge in [-0.15, -0.1) is 0 Å². The van der Waals surface area contributed by atoms with Crippen LogP contribution in [-0.4, -0.2) is 13.0 Å². The molecule has 1 amide bonds. The topological polar surface area (TPSA) is 71.3 Å². The molecule has 5 nitrogen and oxygen atoms in total. The Bertz CT molecular complexity index is 1320. The summed E-state index contributed by atoms with van der Waals surface area (Å²) in [6, 6.07) is 15.6. The molecule has 0 aliphatic rings. The number of carbonyl (C=O) groups is 1. The second kappa shape index (κ2) is 11.2. The Labute approximate surface area is 209 Å². The SMILES string of the molecule is COc1ccc(/C=C(\C#N)C(=O)Nc2cccc(C(F)(F)F)c2)c(OCc2ccc(Cl)c(Cl)c2)c1. The zero-order valence-electron chi connectivity index (χ0n) is 18.1. The number of benzene rings is 3. The molecule has 0 spiro atoms. The van der Waals surface area contributed by atoms with E-state index in [9.17, 15) is 23.2 Å². The van der Waals surface area contributed by atoms with E-state index < -0.39 is 17.6 Å². The number of rotatable bonds is 7. The van der Waals surface area contributed by atoms with Gasteiger partial charge in [-0.05, 0) is 54.1 Å². The Kier molecular flexibility index (Phi) is 8.28. The number of alkyl halides is 3. The van der Waals surface area contributed by atoms with Crippen LogP contribution in [0.3, 0.4) is 0 Å². The van der Waals surface area contributed by atoms with Crippen LogP contribution in [-0.2, 0) is 17.6 Å². The Morgan fingerprint density at radius 1 is 1.09 bits per heavy atom. The molecule has 0 aromatic heterocycles. The number of hydrogen-bond donors (Lipinski definition) is 1. The van der Waals surface area contributed by atoms with Gasteiger partial charge in [-0.25, -0.2) is 0 Å². The van der Waals surface area contributed by atoms with Crippen molar-refractivity contribution < 1.29 is 27.4 Å². The third-order valence-corrected chi connectivity index (χ3v) is 5.45. The number of amides is 1. The van der Waals surface area contributed by atoms with Crippen molar-refractivity contribution in [3.8, 4) is 17.6 Å². The summed E-state index contributed by atoms with van der Waals surface area (Å²) < 4.78 is 49.9. The number of methoxy groups -OCH3 is 1. The summed E-state index contributed by atoms with van der Waals surface area (Å²) in [4.78, 5) is 12.6. The first kappa shape index (κ1) is 25.9. The second-order valence-corrected chi connectivity index (χ2v) is 7.96. The molecule has 0 aliphatic heterocycles. The summed E-state index contributed by atoms with van der Waals surface area (Å²) in [5, 5.41) is 12.6. The number of ether oxygens (including phenoxy) is 2. The summed E-state index contributed by atoms with van der Waals surface area (Å²) in [7, 11) is 1.47. The molecule has 0 saturated heterocycles. The maximum Gasteiger partial charge on any atom is 0.416 e. The Balaban J connectivity index is 1.86. The Hall–Kier alpha value is -3.67. The average molecular weight is 521 g/mol. The summed E-state index contributed by atoms with van der Waals surface area (Å²) in [6.45, 7) is 0.100. The van der Waals surface area contributed by atoms with Crippen molar-refractivity contribution in [3.05, 3.63) is 93.0 Å². The third kappa shape index (κ3) is 6.92. The highest BCUT2D eigenvalue weighted by Gasteiger charge is 2.30. The first-order valence-corrected chi connectivity index (χ1v) is 10.7. The van der Waals surface area contributed by atoms with Crippen LogP contribution >= 0.6 is 23.2 Å². The molecule has 0 fully saturated rings. The van der Waals surface area contributed by atoms with Crippen molar-refractivity contribution in [2.24, 2.45) is 0 Å². The van der Waals surface area contributed by atoms with Crippen molar-refractivity contribution in [2.45, 2.75) is 12.8 Å². The molecule has 35 heavy (non-hydrogen) atoms. The van der Waals surface area contributed by atoms with E-state index in [4.69, 9.17) is 32.7 Å².